The topological polar surface area (TPSA) is 47.0 Å². The molecule has 1 N–H and O–H groups in total. The van der Waals surface area contributed by atoms with E-state index in [9.17, 15) is 0 Å². The maximum atomic E-state index is 5.89. The SMILES string of the molecule is COc1ccc(CCNc2ncnc(Cl)c2Br)cc1. The number of rotatable bonds is 5. The zero-order valence-corrected chi connectivity index (χ0v) is 12.7. The van der Waals surface area contributed by atoms with Crippen LogP contribution in [-0.2, 0) is 6.42 Å². The molecule has 0 saturated heterocycles. The van der Waals surface area contributed by atoms with E-state index in [0.717, 1.165) is 18.7 Å². The second-order valence-electron chi connectivity index (χ2n) is 3.85. The van der Waals surface area contributed by atoms with E-state index >= 15 is 0 Å². The predicted octanol–water partition coefficient (Wildman–Crippen LogP) is 3.56. The number of benzene rings is 1. The van der Waals surface area contributed by atoms with Crippen molar-refractivity contribution in [2.45, 2.75) is 6.42 Å². The van der Waals surface area contributed by atoms with Gasteiger partial charge in [-0.2, -0.15) is 0 Å². The highest BCUT2D eigenvalue weighted by Crippen LogP contribution is 2.25. The second kappa shape index (κ2) is 6.73. The Bertz CT molecular complexity index is 548. The predicted molar refractivity (Wildman–Crippen MR) is 79.9 cm³/mol. The lowest BCUT2D eigenvalue weighted by atomic mass is 10.1. The molecule has 0 aliphatic heterocycles. The number of nitrogens with zero attached hydrogens (tertiary/aromatic N) is 2. The molecule has 19 heavy (non-hydrogen) atoms. The molecule has 2 rings (SSSR count). The molecule has 4 nitrogen and oxygen atoms in total. The van der Waals surface area contributed by atoms with Gasteiger partial charge in [-0.25, -0.2) is 9.97 Å². The lowest BCUT2D eigenvalue weighted by molar-refractivity contribution is 0.414. The molecule has 2 aromatic rings. The Balaban J connectivity index is 1.90. The van der Waals surface area contributed by atoms with E-state index in [1.54, 1.807) is 7.11 Å². The number of hydrogen-bond acceptors (Lipinski definition) is 4. The van der Waals surface area contributed by atoms with Crippen molar-refractivity contribution in [1.29, 1.82) is 0 Å². The molecule has 0 aliphatic carbocycles. The van der Waals surface area contributed by atoms with Crippen LogP contribution in [0.2, 0.25) is 5.15 Å². The van der Waals surface area contributed by atoms with Gasteiger partial charge in [-0.15, -0.1) is 0 Å². The van der Waals surface area contributed by atoms with Crippen molar-refractivity contribution in [2.75, 3.05) is 19.0 Å². The normalized spacial score (nSPS) is 10.3. The van der Waals surface area contributed by atoms with Crippen LogP contribution in [-0.4, -0.2) is 23.6 Å². The van der Waals surface area contributed by atoms with Gasteiger partial charge in [0, 0.05) is 6.54 Å². The van der Waals surface area contributed by atoms with Gasteiger partial charge in [-0.05, 0) is 40.0 Å². The molecular weight excluding hydrogens is 330 g/mol. The molecular formula is C13H13BrClN3O. The third-order valence-corrected chi connectivity index (χ3v) is 3.88. The summed E-state index contributed by atoms with van der Waals surface area (Å²) in [6, 6.07) is 7.99. The highest BCUT2D eigenvalue weighted by molar-refractivity contribution is 9.10. The lowest BCUT2D eigenvalue weighted by Gasteiger charge is -2.08. The minimum absolute atomic E-state index is 0.405. The molecule has 0 amide bonds. The maximum Gasteiger partial charge on any atom is 0.148 e. The summed E-state index contributed by atoms with van der Waals surface area (Å²) in [6.45, 7) is 0.762. The Hall–Kier alpha value is -1.33. The van der Waals surface area contributed by atoms with E-state index in [2.05, 4.69) is 31.2 Å². The first-order valence-electron chi connectivity index (χ1n) is 5.73. The summed E-state index contributed by atoms with van der Waals surface area (Å²) >= 11 is 9.24. The van der Waals surface area contributed by atoms with Gasteiger partial charge in [0.2, 0.25) is 0 Å². The summed E-state index contributed by atoms with van der Waals surface area (Å²) < 4.78 is 5.80. The molecule has 0 bridgehead atoms. The molecule has 0 atom stereocenters. The Morgan fingerprint density at radius 3 is 2.68 bits per heavy atom. The molecule has 0 fully saturated rings. The largest absolute Gasteiger partial charge is 0.497 e. The van der Waals surface area contributed by atoms with Gasteiger partial charge in [0.15, 0.2) is 0 Å². The molecule has 0 saturated carbocycles. The Morgan fingerprint density at radius 1 is 1.26 bits per heavy atom. The van der Waals surface area contributed by atoms with Gasteiger partial charge < -0.3 is 10.1 Å². The standard InChI is InChI=1S/C13H13BrClN3O/c1-19-10-4-2-9(3-5-10)6-7-16-13-11(14)12(15)17-8-18-13/h2-5,8H,6-7H2,1H3,(H,16,17,18). The molecule has 0 spiro atoms. The maximum absolute atomic E-state index is 5.89. The first-order chi connectivity index (χ1) is 9.20. The Kier molecular flexibility index (Phi) is 4.99. The summed E-state index contributed by atoms with van der Waals surface area (Å²) in [5, 5.41) is 3.62. The zero-order valence-electron chi connectivity index (χ0n) is 10.4. The Morgan fingerprint density at radius 2 is 2.00 bits per heavy atom. The molecule has 1 heterocycles. The van der Waals surface area contributed by atoms with Crippen molar-refractivity contribution in [3.63, 3.8) is 0 Å². The van der Waals surface area contributed by atoms with Gasteiger partial charge in [-0.3, -0.25) is 0 Å². The van der Waals surface area contributed by atoms with Crippen LogP contribution < -0.4 is 10.1 Å². The van der Waals surface area contributed by atoms with Gasteiger partial charge in [0.1, 0.15) is 23.0 Å². The van der Waals surface area contributed by atoms with E-state index in [-0.39, 0.29) is 0 Å². The number of aromatic nitrogens is 2. The summed E-state index contributed by atoms with van der Waals surface area (Å²) in [6.07, 6.45) is 2.32. The summed E-state index contributed by atoms with van der Waals surface area (Å²) in [5.41, 5.74) is 1.23. The van der Waals surface area contributed by atoms with E-state index in [0.29, 0.717) is 15.4 Å². The van der Waals surface area contributed by atoms with Gasteiger partial charge in [-0.1, -0.05) is 23.7 Å². The van der Waals surface area contributed by atoms with Crippen LogP contribution in [0.15, 0.2) is 35.1 Å². The van der Waals surface area contributed by atoms with Crippen molar-refractivity contribution >= 4 is 33.3 Å². The first-order valence-corrected chi connectivity index (χ1v) is 6.90. The van der Waals surface area contributed by atoms with Crippen LogP contribution in [0.1, 0.15) is 5.56 Å². The molecule has 0 radical (unpaired) electrons. The molecule has 6 heteroatoms. The summed E-state index contributed by atoms with van der Waals surface area (Å²) in [7, 11) is 1.66. The summed E-state index contributed by atoms with van der Waals surface area (Å²) in [4.78, 5) is 8.00. The number of halogens is 2. The smallest absolute Gasteiger partial charge is 0.148 e. The van der Waals surface area contributed by atoms with E-state index < -0.39 is 0 Å². The third-order valence-electron chi connectivity index (χ3n) is 2.61. The number of ether oxygens (including phenoxy) is 1. The average Bonchev–Trinajstić information content (AvgIpc) is 2.44. The molecule has 100 valence electrons. The lowest BCUT2D eigenvalue weighted by Crippen LogP contribution is -2.07. The number of methoxy groups -OCH3 is 1. The van der Waals surface area contributed by atoms with E-state index in [4.69, 9.17) is 16.3 Å². The van der Waals surface area contributed by atoms with Gasteiger partial charge >= 0.3 is 0 Å². The number of anilines is 1. The Labute approximate surface area is 125 Å². The number of nitrogens with one attached hydrogen (secondary N) is 1. The molecule has 0 unspecified atom stereocenters. The van der Waals surface area contributed by atoms with Crippen LogP contribution >= 0.6 is 27.5 Å². The van der Waals surface area contributed by atoms with Crippen molar-refractivity contribution in [3.8, 4) is 5.75 Å². The van der Waals surface area contributed by atoms with Gasteiger partial charge in [0.05, 0.1) is 11.6 Å². The van der Waals surface area contributed by atoms with Crippen molar-refractivity contribution < 1.29 is 4.74 Å². The monoisotopic (exact) mass is 341 g/mol. The summed E-state index contributed by atoms with van der Waals surface area (Å²) in [5.74, 6) is 1.57. The van der Waals surface area contributed by atoms with Crippen LogP contribution in [0.5, 0.6) is 5.75 Å². The van der Waals surface area contributed by atoms with E-state index in [1.165, 1.54) is 11.9 Å². The van der Waals surface area contributed by atoms with Crippen LogP contribution in [0, 0.1) is 0 Å². The van der Waals surface area contributed by atoms with Crippen molar-refractivity contribution in [2.24, 2.45) is 0 Å². The average molecular weight is 343 g/mol. The minimum Gasteiger partial charge on any atom is -0.497 e. The highest BCUT2D eigenvalue weighted by atomic mass is 79.9. The fourth-order valence-electron chi connectivity index (χ4n) is 1.59. The van der Waals surface area contributed by atoms with Crippen LogP contribution in [0.25, 0.3) is 0 Å². The van der Waals surface area contributed by atoms with Crippen LogP contribution in [0.3, 0.4) is 0 Å². The van der Waals surface area contributed by atoms with Crippen molar-refractivity contribution in [1.82, 2.24) is 9.97 Å². The van der Waals surface area contributed by atoms with Crippen molar-refractivity contribution in [3.05, 3.63) is 45.8 Å². The minimum atomic E-state index is 0.405. The third kappa shape index (κ3) is 3.81. The highest BCUT2D eigenvalue weighted by Gasteiger charge is 2.05. The zero-order chi connectivity index (χ0) is 13.7. The van der Waals surface area contributed by atoms with Crippen LogP contribution in [0.4, 0.5) is 5.82 Å². The second-order valence-corrected chi connectivity index (χ2v) is 5.00. The molecule has 0 aliphatic rings. The molecule has 1 aromatic heterocycles. The number of hydrogen-bond donors (Lipinski definition) is 1. The molecule has 1 aromatic carbocycles. The van der Waals surface area contributed by atoms with E-state index in [1.807, 2.05) is 24.3 Å². The van der Waals surface area contributed by atoms with Gasteiger partial charge in [0.25, 0.3) is 0 Å². The fourth-order valence-corrected chi connectivity index (χ4v) is 2.07. The quantitative estimate of drug-likeness (QED) is 0.844. The fraction of sp³-hybridized carbons (Fsp3) is 0.231. The first kappa shape index (κ1) is 14.1.